The predicted molar refractivity (Wildman–Crippen MR) is 55.0 cm³/mol. The lowest BCUT2D eigenvalue weighted by atomic mass is 10.0. The largest absolute Gasteiger partial charge is 0.127 e. The molecule has 1 aromatic carbocycles. The van der Waals surface area contributed by atoms with Crippen molar-refractivity contribution >= 4 is 23.2 Å². The Hall–Kier alpha value is -0.200. The number of rotatable bonds is 4. The Kier molecular flexibility index (Phi) is 4.49. The summed E-state index contributed by atoms with van der Waals surface area (Å²) in [5.41, 5.74) is 2.55. The first-order chi connectivity index (χ1) is 5.88. The molecule has 66 valence electrons. The van der Waals surface area contributed by atoms with Gasteiger partial charge >= 0.3 is 0 Å². The maximum atomic E-state index is 5.78. The minimum absolute atomic E-state index is 0.596. The summed E-state index contributed by atoms with van der Waals surface area (Å²) in [7, 11) is 0. The van der Waals surface area contributed by atoms with Gasteiger partial charge in [0.1, 0.15) is 0 Å². The molecule has 0 aliphatic rings. The molecule has 0 fully saturated rings. The number of benzene rings is 1. The summed E-state index contributed by atoms with van der Waals surface area (Å²) in [5, 5.41) is 0. The van der Waals surface area contributed by atoms with Crippen LogP contribution in [0.15, 0.2) is 24.3 Å². The Labute approximate surface area is 83.5 Å². The highest BCUT2D eigenvalue weighted by Crippen LogP contribution is 2.13. The molecule has 12 heavy (non-hydrogen) atoms. The van der Waals surface area contributed by atoms with E-state index in [1.54, 1.807) is 0 Å². The molecule has 1 rings (SSSR count). The molecule has 2 heteroatoms. The van der Waals surface area contributed by atoms with Gasteiger partial charge in [0.15, 0.2) is 0 Å². The highest BCUT2D eigenvalue weighted by atomic mass is 35.5. The van der Waals surface area contributed by atoms with Gasteiger partial charge in [-0.05, 0) is 24.0 Å². The normalized spacial score (nSPS) is 10.2. The van der Waals surface area contributed by atoms with Crippen LogP contribution in [0.5, 0.6) is 0 Å². The van der Waals surface area contributed by atoms with Crippen LogP contribution >= 0.6 is 23.2 Å². The number of hydrogen-bond acceptors (Lipinski definition) is 0. The van der Waals surface area contributed by atoms with Gasteiger partial charge in [-0.2, -0.15) is 0 Å². The number of aryl methyl sites for hydroxylation is 1. The average molecular weight is 203 g/mol. The maximum absolute atomic E-state index is 5.78. The van der Waals surface area contributed by atoms with Gasteiger partial charge in [0.2, 0.25) is 0 Å². The zero-order chi connectivity index (χ0) is 8.81. The van der Waals surface area contributed by atoms with Crippen molar-refractivity contribution in [3.05, 3.63) is 35.4 Å². The van der Waals surface area contributed by atoms with E-state index in [1.165, 1.54) is 11.1 Å². The van der Waals surface area contributed by atoms with Crippen molar-refractivity contribution in [1.29, 1.82) is 0 Å². The minimum atomic E-state index is 0.596. The average Bonchev–Trinajstić information content (AvgIpc) is 2.15. The second-order valence-corrected chi connectivity index (χ2v) is 3.34. The molecule has 0 unspecified atom stereocenters. The number of hydrogen-bond donors (Lipinski definition) is 0. The second-order valence-electron chi connectivity index (χ2n) is 2.69. The Morgan fingerprint density at radius 3 is 2.25 bits per heavy atom. The molecule has 0 nitrogen and oxygen atoms in total. The second kappa shape index (κ2) is 5.45. The molecule has 0 atom stereocenters. The first-order valence-electron chi connectivity index (χ1n) is 4.07. The smallest absolute Gasteiger partial charge is 0.0476 e. The molecule has 0 aliphatic heterocycles. The van der Waals surface area contributed by atoms with Gasteiger partial charge in [-0.25, -0.2) is 0 Å². The van der Waals surface area contributed by atoms with Gasteiger partial charge < -0.3 is 0 Å². The Balaban J connectivity index is 2.68. The van der Waals surface area contributed by atoms with Crippen molar-refractivity contribution in [1.82, 2.24) is 0 Å². The Morgan fingerprint density at radius 2 is 1.67 bits per heavy atom. The molecule has 0 saturated carbocycles. The first kappa shape index (κ1) is 9.88. The highest BCUT2D eigenvalue weighted by Gasteiger charge is 1.98. The fraction of sp³-hybridized carbons (Fsp3) is 0.400. The molecule has 0 radical (unpaired) electrons. The molecule has 0 aromatic heterocycles. The summed E-state index contributed by atoms with van der Waals surface area (Å²) in [6.07, 6.45) is 2.06. The number of halogens is 2. The molecule has 0 heterocycles. The maximum Gasteiger partial charge on any atom is 0.0476 e. The van der Waals surface area contributed by atoms with E-state index in [0.29, 0.717) is 5.88 Å². The van der Waals surface area contributed by atoms with Crippen LogP contribution in [0.1, 0.15) is 17.5 Å². The van der Waals surface area contributed by atoms with E-state index in [9.17, 15) is 0 Å². The van der Waals surface area contributed by atoms with Crippen LogP contribution in [0.25, 0.3) is 0 Å². The number of alkyl halides is 2. The quantitative estimate of drug-likeness (QED) is 0.656. The van der Waals surface area contributed by atoms with Crippen molar-refractivity contribution in [2.75, 3.05) is 5.88 Å². The molecule has 0 bridgehead atoms. The van der Waals surface area contributed by atoms with Crippen molar-refractivity contribution in [3.8, 4) is 0 Å². The zero-order valence-corrected chi connectivity index (χ0v) is 8.41. The topological polar surface area (TPSA) is 0 Å². The van der Waals surface area contributed by atoms with E-state index in [4.69, 9.17) is 23.2 Å². The summed E-state index contributed by atoms with van der Waals surface area (Å²) >= 11 is 11.4. The van der Waals surface area contributed by atoms with Gasteiger partial charge in [0.25, 0.3) is 0 Å². The molecule has 0 amide bonds. The molecule has 0 saturated heterocycles. The van der Waals surface area contributed by atoms with Crippen LogP contribution in [-0.2, 0) is 12.3 Å². The first-order valence-corrected chi connectivity index (χ1v) is 5.14. The fourth-order valence-corrected chi connectivity index (χ4v) is 1.58. The van der Waals surface area contributed by atoms with Gasteiger partial charge in [-0.15, -0.1) is 23.2 Å². The third-order valence-electron chi connectivity index (χ3n) is 1.84. The Bertz CT molecular complexity index is 233. The van der Waals surface area contributed by atoms with E-state index < -0.39 is 0 Å². The van der Waals surface area contributed by atoms with Crippen LogP contribution in [0.2, 0.25) is 0 Å². The molecular weight excluding hydrogens is 191 g/mol. The van der Waals surface area contributed by atoms with E-state index in [-0.39, 0.29) is 0 Å². The van der Waals surface area contributed by atoms with Crippen LogP contribution in [0.4, 0.5) is 0 Å². The molecule has 0 N–H and O–H groups in total. The third-order valence-corrected chi connectivity index (χ3v) is 2.40. The lowest BCUT2D eigenvalue weighted by Crippen LogP contribution is -1.91. The van der Waals surface area contributed by atoms with E-state index in [1.807, 2.05) is 12.1 Å². The molecule has 1 aromatic rings. The van der Waals surface area contributed by atoms with E-state index >= 15 is 0 Å². The lowest BCUT2D eigenvalue weighted by Gasteiger charge is -2.04. The van der Waals surface area contributed by atoms with Crippen molar-refractivity contribution in [2.45, 2.75) is 18.7 Å². The minimum Gasteiger partial charge on any atom is -0.127 e. The Morgan fingerprint density at radius 1 is 1.00 bits per heavy atom. The summed E-state index contributed by atoms with van der Waals surface area (Å²) in [4.78, 5) is 0. The highest BCUT2D eigenvalue weighted by molar-refractivity contribution is 6.18. The van der Waals surface area contributed by atoms with Crippen LogP contribution in [0, 0.1) is 0 Å². The summed E-state index contributed by atoms with van der Waals surface area (Å²) in [5.74, 6) is 1.31. The summed E-state index contributed by atoms with van der Waals surface area (Å²) < 4.78 is 0. The third kappa shape index (κ3) is 2.69. The predicted octanol–water partition coefficient (Wildman–Crippen LogP) is 3.60. The summed E-state index contributed by atoms with van der Waals surface area (Å²) in [6, 6.07) is 8.24. The standard InChI is InChI=1S/C10H12Cl2/c11-7-3-6-9-4-1-2-5-10(9)8-12/h1-2,4-5H,3,6-8H2. The van der Waals surface area contributed by atoms with Crippen molar-refractivity contribution in [3.63, 3.8) is 0 Å². The van der Waals surface area contributed by atoms with Crippen molar-refractivity contribution < 1.29 is 0 Å². The van der Waals surface area contributed by atoms with Gasteiger partial charge in [-0.1, -0.05) is 24.3 Å². The summed E-state index contributed by atoms with van der Waals surface area (Å²) in [6.45, 7) is 0. The monoisotopic (exact) mass is 202 g/mol. The SMILES string of the molecule is ClCCCc1ccccc1CCl. The van der Waals surface area contributed by atoms with E-state index in [2.05, 4.69) is 12.1 Å². The van der Waals surface area contributed by atoms with Gasteiger partial charge in [0, 0.05) is 11.8 Å². The van der Waals surface area contributed by atoms with Crippen LogP contribution < -0.4 is 0 Å². The van der Waals surface area contributed by atoms with E-state index in [0.717, 1.165) is 18.7 Å². The van der Waals surface area contributed by atoms with Gasteiger partial charge in [0.05, 0.1) is 0 Å². The molecular formula is C10H12Cl2. The molecule has 0 spiro atoms. The fourth-order valence-electron chi connectivity index (χ4n) is 1.19. The molecule has 0 aliphatic carbocycles. The van der Waals surface area contributed by atoms with Crippen LogP contribution in [0.3, 0.4) is 0 Å². The van der Waals surface area contributed by atoms with Gasteiger partial charge in [-0.3, -0.25) is 0 Å². The van der Waals surface area contributed by atoms with Crippen molar-refractivity contribution in [2.24, 2.45) is 0 Å². The van der Waals surface area contributed by atoms with Crippen LogP contribution in [-0.4, -0.2) is 5.88 Å². The lowest BCUT2D eigenvalue weighted by molar-refractivity contribution is 0.917. The zero-order valence-electron chi connectivity index (χ0n) is 6.89.